The van der Waals surface area contributed by atoms with Crippen molar-refractivity contribution >= 4 is 41.3 Å². The van der Waals surface area contributed by atoms with Crippen molar-refractivity contribution in [3.8, 4) is 0 Å². The van der Waals surface area contributed by atoms with E-state index in [1.807, 2.05) is 18.4 Å². The molecule has 0 aliphatic carbocycles. The first-order valence-electron chi connectivity index (χ1n) is 10.2. The van der Waals surface area contributed by atoms with Gasteiger partial charge in [-0.2, -0.15) is 0 Å². The predicted molar refractivity (Wildman–Crippen MR) is 127 cm³/mol. The number of likely N-dealkylation sites (tertiary alicyclic amines) is 2. The fourth-order valence-corrected chi connectivity index (χ4v) is 4.94. The minimum atomic E-state index is 0. The largest absolute Gasteiger partial charge is 0.356 e. The molecule has 7 heteroatoms. The van der Waals surface area contributed by atoms with E-state index in [1.165, 1.54) is 50.2 Å². The Bertz CT molecular complexity index is 543. The number of rotatable bonds is 7. The van der Waals surface area contributed by atoms with E-state index in [0.717, 1.165) is 38.1 Å². The SMILES string of the molecule is CCN1CCCC1CNC(=NC)NCC1CCN(Cc2cccs2)CC1.I. The first kappa shape index (κ1) is 22.9. The quantitative estimate of drug-likeness (QED) is 0.339. The van der Waals surface area contributed by atoms with Gasteiger partial charge in [-0.05, 0) is 69.2 Å². The van der Waals surface area contributed by atoms with Gasteiger partial charge in [-0.3, -0.25) is 14.8 Å². The van der Waals surface area contributed by atoms with Crippen LogP contribution in [0.3, 0.4) is 0 Å². The van der Waals surface area contributed by atoms with Crippen molar-refractivity contribution in [2.45, 2.75) is 45.2 Å². The second-order valence-electron chi connectivity index (χ2n) is 7.56. The van der Waals surface area contributed by atoms with Crippen LogP contribution < -0.4 is 10.6 Å². The zero-order valence-electron chi connectivity index (χ0n) is 16.8. The van der Waals surface area contributed by atoms with Crippen LogP contribution in [0.15, 0.2) is 22.5 Å². The van der Waals surface area contributed by atoms with E-state index in [9.17, 15) is 0 Å². The van der Waals surface area contributed by atoms with Gasteiger partial charge in [-0.25, -0.2) is 0 Å². The van der Waals surface area contributed by atoms with Crippen LogP contribution in [0.4, 0.5) is 0 Å². The molecule has 0 spiro atoms. The van der Waals surface area contributed by atoms with E-state index in [2.05, 4.69) is 49.9 Å². The number of halogens is 1. The standard InChI is InChI=1S/C20H35N5S.HI/c1-3-25-10-4-6-18(25)15-23-20(21-2)22-14-17-8-11-24(12-9-17)16-19-7-5-13-26-19;/h5,7,13,17-18H,3-4,6,8-12,14-16H2,1-2H3,(H2,21,22,23);1H. The highest BCUT2D eigenvalue weighted by Crippen LogP contribution is 2.20. The number of nitrogens with one attached hydrogen (secondary N) is 2. The van der Waals surface area contributed by atoms with Gasteiger partial charge in [-0.15, -0.1) is 35.3 Å². The van der Waals surface area contributed by atoms with Crippen molar-refractivity contribution in [2.24, 2.45) is 10.9 Å². The number of aliphatic imine (C=N–C) groups is 1. The molecule has 0 radical (unpaired) electrons. The van der Waals surface area contributed by atoms with Crippen molar-refractivity contribution in [1.29, 1.82) is 0 Å². The molecule has 2 N–H and O–H groups in total. The van der Waals surface area contributed by atoms with Crippen LogP contribution >= 0.6 is 35.3 Å². The molecular weight excluding hydrogens is 469 g/mol. The Morgan fingerprint density at radius 3 is 2.63 bits per heavy atom. The van der Waals surface area contributed by atoms with Crippen molar-refractivity contribution < 1.29 is 0 Å². The highest BCUT2D eigenvalue weighted by atomic mass is 127. The molecule has 0 amide bonds. The number of guanidine groups is 1. The van der Waals surface area contributed by atoms with Crippen LogP contribution in [0, 0.1) is 5.92 Å². The molecule has 3 heterocycles. The summed E-state index contributed by atoms with van der Waals surface area (Å²) in [6, 6.07) is 5.07. The Labute approximate surface area is 186 Å². The second-order valence-corrected chi connectivity index (χ2v) is 8.59. The fraction of sp³-hybridized carbons (Fsp3) is 0.750. The van der Waals surface area contributed by atoms with E-state index in [4.69, 9.17) is 0 Å². The number of thiophene rings is 1. The Kier molecular flexibility index (Phi) is 10.4. The van der Waals surface area contributed by atoms with Gasteiger partial charge in [0.15, 0.2) is 5.96 Å². The molecular formula is C20H36IN5S. The summed E-state index contributed by atoms with van der Waals surface area (Å²) >= 11 is 1.87. The molecule has 0 bridgehead atoms. The van der Waals surface area contributed by atoms with Gasteiger partial charge in [-0.1, -0.05) is 13.0 Å². The summed E-state index contributed by atoms with van der Waals surface area (Å²) in [4.78, 5) is 11.1. The van der Waals surface area contributed by atoms with Crippen LogP contribution in [-0.2, 0) is 6.54 Å². The van der Waals surface area contributed by atoms with Crippen LogP contribution in [0.1, 0.15) is 37.5 Å². The first-order valence-corrected chi connectivity index (χ1v) is 11.1. The predicted octanol–water partition coefficient (Wildman–Crippen LogP) is 3.23. The molecule has 1 aromatic heterocycles. The summed E-state index contributed by atoms with van der Waals surface area (Å²) in [5.74, 6) is 1.72. The lowest BCUT2D eigenvalue weighted by molar-refractivity contribution is 0.179. The summed E-state index contributed by atoms with van der Waals surface area (Å²) < 4.78 is 0. The lowest BCUT2D eigenvalue weighted by Crippen LogP contribution is -2.46. The third-order valence-corrected chi connectivity index (χ3v) is 6.72. The van der Waals surface area contributed by atoms with Crippen LogP contribution in [0.25, 0.3) is 0 Å². The molecule has 2 fully saturated rings. The normalized spacial score (nSPS) is 22.6. The van der Waals surface area contributed by atoms with E-state index in [1.54, 1.807) is 0 Å². The number of hydrogen-bond donors (Lipinski definition) is 2. The summed E-state index contributed by atoms with van der Waals surface area (Å²) in [7, 11) is 1.88. The van der Waals surface area contributed by atoms with E-state index >= 15 is 0 Å². The molecule has 5 nitrogen and oxygen atoms in total. The highest BCUT2D eigenvalue weighted by molar-refractivity contribution is 14.0. The molecule has 2 saturated heterocycles. The van der Waals surface area contributed by atoms with Crippen molar-refractivity contribution in [3.05, 3.63) is 22.4 Å². The highest BCUT2D eigenvalue weighted by Gasteiger charge is 2.23. The summed E-state index contributed by atoms with van der Waals surface area (Å²) in [5.41, 5.74) is 0. The van der Waals surface area contributed by atoms with E-state index < -0.39 is 0 Å². The molecule has 3 rings (SSSR count). The molecule has 2 aliphatic heterocycles. The number of nitrogens with zero attached hydrogens (tertiary/aromatic N) is 3. The minimum absolute atomic E-state index is 0. The maximum atomic E-state index is 4.42. The molecule has 0 saturated carbocycles. The molecule has 2 aliphatic rings. The maximum Gasteiger partial charge on any atom is 0.191 e. The van der Waals surface area contributed by atoms with Crippen LogP contribution in [0.5, 0.6) is 0 Å². The van der Waals surface area contributed by atoms with Crippen LogP contribution in [-0.4, -0.2) is 68.1 Å². The third-order valence-electron chi connectivity index (χ3n) is 5.86. The monoisotopic (exact) mass is 505 g/mol. The topological polar surface area (TPSA) is 42.9 Å². The average Bonchev–Trinajstić information content (AvgIpc) is 3.34. The fourth-order valence-electron chi connectivity index (χ4n) is 4.19. The molecule has 1 atom stereocenters. The van der Waals surface area contributed by atoms with Crippen molar-refractivity contribution in [1.82, 2.24) is 20.4 Å². The van der Waals surface area contributed by atoms with Gasteiger partial charge in [0, 0.05) is 37.6 Å². The van der Waals surface area contributed by atoms with Gasteiger partial charge < -0.3 is 10.6 Å². The van der Waals surface area contributed by atoms with Gasteiger partial charge in [0.2, 0.25) is 0 Å². The molecule has 1 unspecified atom stereocenters. The molecule has 1 aromatic rings. The average molecular weight is 506 g/mol. The Morgan fingerprint density at radius 2 is 1.96 bits per heavy atom. The minimum Gasteiger partial charge on any atom is -0.356 e. The second kappa shape index (κ2) is 12.2. The zero-order valence-corrected chi connectivity index (χ0v) is 20.0. The Hall–Kier alpha value is -0.380. The molecule has 154 valence electrons. The third kappa shape index (κ3) is 7.18. The van der Waals surface area contributed by atoms with E-state index in [0.29, 0.717) is 6.04 Å². The Morgan fingerprint density at radius 1 is 1.19 bits per heavy atom. The van der Waals surface area contributed by atoms with Gasteiger partial charge in [0.05, 0.1) is 0 Å². The van der Waals surface area contributed by atoms with Crippen molar-refractivity contribution in [2.75, 3.05) is 46.3 Å². The Balaban J connectivity index is 0.00000261. The summed E-state index contributed by atoms with van der Waals surface area (Å²) in [6.45, 7) is 10.3. The number of hydrogen-bond acceptors (Lipinski definition) is 4. The smallest absolute Gasteiger partial charge is 0.191 e. The number of likely N-dealkylation sites (N-methyl/N-ethyl adjacent to an activating group) is 1. The van der Waals surface area contributed by atoms with Gasteiger partial charge in [0.25, 0.3) is 0 Å². The summed E-state index contributed by atoms with van der Waals surface area (Å²) in [5, 5.41) is 9.28. The van der Waals surface area contributed by atoms with Crippen molar-refractivity contribution in [3.63, 3.8) is 0 Å². The van der Waals surface area contributed by atoms with E-state index in [-0.39, 0.29) is 24.0 Å². The van der Waals surface area contributed by atoms with Gasteiger partial charge in [0.1, 0.15) is 0 Å². The summed E-state index contributed by atoms with van der Waals surface area (Å²) in [6.07, 6.45) is 5.19. The lowest BCUT2D eigenvalue weighted by Gasteiger charge is -2.32. The first-order chi connectivity index (χ1) is 12.8. The molecule has 0 aromatic carbocycles. The zero-order chi connectivity index (χ0) is 18.2. The molecule has 27 heavy (non-hydrogen) atoms. The maximum absolute atomic E-state index is 4.42. The lowest BCUT2D eigenvalue weighted by atomic mass is 9.97. The number of piperidine rings is 1. The van der Waals surface area contributed by atoms with Gasteiger partial charge >= 0.3 is 0 Å². The van der Waals surface area contributed by atoms with Crippen LogP contribution in [0.2, 0.25) is 0 Å².